The van der Waals surface area contributed by atoms with E-state index >= 15 is 0 Å². The van der Waals surface area contributed by atoms with Gasteiger partial charge in [0.05, 0.1) is 0 Å². The highest BCUT2D eigenvalue weighted by Gasteiger charge is 2.00. The van der Waals surface area contributed by atoms with Crippen molar-refractivity contribution in [3.05, 3.63) is 29.8 Å². The van der Waals surface area contributed by atoms with Crippen LogP contribution in [0.2, 0.25) is 0 Å². The zero-order valence-electron chi connectivity index (χ0n) is 8.96. The summed E-state index contributed by atoms with van der Waals surface area (Å²) in [5.74, 6) is 0. The maximum Gasteiger partial charge on any atom is 0.0431 e. The Hall–Kier alpha value is -1.02. The first kappa shape index (κ1) is 11.1. The third-order valence-electron chi connectivity index (χ3n) is 2.23. The molecular formula is C12H19NO. The first-order chi connectivity index (χ1) is 6.72. The molecule has 1 atom stereocenters. The third-order valence-corrected chi connectivity index (χ3v) is 2.23. The van der Waals surface area contributed by atoms with Crippen LogP contribution in [0.4, 0.5) is 5.69 Å². The number of aryl methyl sites for hydroxylation is 1. The molecule has 0 aliphatic rings. The Morgan fingerprint density at radius 1 is 1.43 bits per heavy atom. The molecule has 2 nitrogen and oxygen atoms in total. The minimum atomic E-state index is 0.278. The van der Waals surface area contributed by atoms with Crippen LogP contribution in [0.15, 0.2) is 24.3 Å². The molecule has 0 saturated carbocycles. The molecule has 0 heterocycles. The van der Waals surface area contributed by atoms with Crippen molar-refractivity contribution in [2.75, 3.05) is 11.9 Å². The smallest absolute Gasteiger partial charge is 0.0431 e. The molecule has 0 fully saturated rings. The highest BCUT2D eigenvalue weighted by molar-refractivity contribution is 5.45. The van der Waals surface area contributed by atoms with Crippen molar-refractivity contribution in [2.24, 2.45) is 0 Å². The minimum Gasteiger partial charge on any atom is -0.396 e. The molecule has 0 amide bonds. The standard InChI is InChI=1S/C12H19NO/c1-10-5-3-7-12(9-10)13-11(2)6-4-8-14/h3,5,7,9,11,13-14H,4,6,8H2,1-2H3/t11-/m1/s1. The molecule has 0 unspecified atom stereocenters. The summed E-state index contributed by atoms with van der Waals surface area (Å²) in [5, 5.41) is 12.1. The van der Waals surface area contributed by atoms with Crippen molar-refractivity contribution in [3.8, 4) is 0 Å². The molecule has 0 spiro atoms. The summed E-state index contributed by atoms with van der Waals surface area (Å²) in [6, 6.07) is 8.77. The van der Waals surface area contributed by atoms with Crippen LogP contribution < -0.4 is 5.32 Å². The van der Waals surface area contributed by atoms with Crippen LogP contribution in [0.3, 0.4) is 0 Å². The number of anilines is 1. The van der Waals surface area contributed by atoms with Crippen molar-refractivity contribution in [1.82, 2.24) is 0 Å². The molecule has 0 saturated heterocycles. The minimum absolute atomic E-state index is 0.278. The summed E-state index contributed by atoms with van der Waals surface area (Å²) in [5.41, 5.74) is 2.43. The summed E-state index contributed by atoms with van der Waals surface area (Å²) in [4.78, 5) is 0. The lowest BCUT2D eigenvalue weighted by Gasteiger charge is -2.14. The van der Waals surface area contributed by atoms with Crippen molar-refractivity contribution in [3.63, 3.8) is 0 Å². The van der Waals surface area contributed by atoms with Crippen LogP contribution in [-0.2, 0) is 0 Å². The van der Waals surface area contributed by atoms with E-state index < -0.39 is 0 Å². The fourth-order valence-electron chi connectivity index (χ4n) is 1.49. The molecule has 2 heteroatoms. The second-order valence-electron chi connectivity index (χ2n) is 3.78. The Morgan fingerprint density at radius 2 is 2.21 bits per heavy atom. The van der Waals surface area contributed by atoms with Gasteiger partial charge in [-0.25, -0.2) is 0 Å². The number of hydrogen-bond donors (Lipinski definition) is 2. The van der Waals surface area contributed by atoms with E-state index in [1.165, 1.54) is 5.56 Å². The summed E-state index contributed by atoms with van der Waals surface area (Å²) in [6.07, 6.45) is 1.87. The number of aliphatic hydroxyl groups is 1. The molecule has 14 heavy (non-hydrogen) atoms. The normalized spacial score (nSPS) is 12.5. The first-order valence-corrected chi connectivity index (χ1v) is 5.16. The zero-order valence-corrected chi connectivity index (χ0v) is 8.96. The SMILES string of the molecule is Cc1cccc(N[C@H](C)CCCO)c1. The number of aliphatic hydroxyl groups excluding tert-OH is 1. The predicted molar refractivity (Wildman–Crippen MR) is 60.6 cm³/mol. The van der Waals surface area contributed by atoms with Gasteiger partial charge in [-0.05, 0) is 44.4 Å². The Morgan fingerprint density at radius 3 is 2.86 bits per heavy atom. The van der Waals surface area contributed by atoms with E-state index in [2.05, 4.69) is 43.4 Å². The lowest BCUT2D eigenvalue weighted by atomic mass is 10.1. The van der Waals surface area contributed by atoms with E-state index in [4.69, 9.17) is 5.11 Å². The van der Waals surface area contributed by atoms with E-state index in [0.29, 0.717) is 6.04 Å². The van der Waals surface area contributed by atoms with Crippen LogP contribution in [0.1, 0.15) is 25.3 Å². The Bertz CT molecular complexity index is 273. The van der Waals surface area contributed by atoms with Crippen LogP contribution in [0.5, 0.6) is 0 Å². The number of nitrogens with one attached hydrogen (secondary N) is 1. The topological polar surface area (TPSA) is 32.3 Å². The molecule has 0 aromatic heterocycles. The molecule has 0 aliphatic carbocycles. The van der Waals surface area contributed by atoms with Gasteiger partial charge in [0.1, 0.15) is 0 Å². The second-order valence-corrected chi connectivity index (χ2v) is 3.78. The highest BCUT2D eigenvalue weighted by atomic mass is 16.2. The van der Waals surface area contributed by atoms with E-state index in [0.717, 1.165) is 18.5 Å². The fraction of sp³-hybridized carbons (Fsp3) is 0.500. The summed E-state index contributed by atoms with van der Waals surface area (Å²) >= 11 is 0. The van der Waals surface area contributed by atoms with Crippen molar-refractivity contribution in [1.29, 1.82) is 0 Å². The summed E-state index contributed by atoms with van der Waals surface area (Å²) < 4.78 is 0. The Balaban J connectivity index is 2.43. The van der Waals surface area contributed by atoms with Gasteiger partial charge < -0.3 is 10.4 Å². The molecule has 78 valence electrons. The van der Waals surface area contributed by atoms with Crippen LogP contribution >= 0.6 is 0 Å². The number of rotatable bonds is 5. The maximum absolute atomic E-state index is 8.70. The number of benzene rings is 1. The van der Waals surface area contributed by atoms with Gasteiger partial charge in [-0.1, -0.05) is 12.1 Å². The molecule has 0 radical (unpaired) electrons. The summed E-state index contributed by atoms with van der Waals surface area (Å²) in [6.45, 7) is 4.50. The maximum atomic E-state index is 8.70. The number of hydrogen-bond acceptors (Lipinski definition) is 2. The summed E-state index contributed by atoms with van der Waals surface area (Å²) in [7, 11) is 0. The van der Waals surface area contributed by atoms with Crippen molar-refractivity contribution in [2.45, 2.75) is 32.7 Å². The van der Waals surface area contributed by atoms with Gasteiger partial charge in [-0.2, -0.15) is 0 Å². The molecule has 0 bridgehead atoms. The highest BCUT2D eigenvalue weighted by Crippen LogP contribution is 2.12. The van der Waals surface area contributed by atoms with Gasteiger partial charge in [0.25, 0.3) is 0 Å². The fourth-order valence-corrected chi connectivity index (χ4v) is 1.49. The van der Waals surface area contributed by atoms with Gasteiger partial charge in [0, 0.05) is 18.3 Å². The molecular weight excluding hydrogens is 174 g/mol. The quantitative estimate of drug-likeness (QED) is 0.753. The lowest BCUT2D eigenvalue weighted by Crippen LogP contribution is -2.15. The van der Waals surface area contributed by atoms with Crippen LogP contribution in [-0.4, -0.2) is 17.8 Å². The van der Waals surface area contributed by atoms with E-state index in [9.17, 15) is 0 Å². The van der Waals surface area contributed by atoms with Gasteiger partial charge >= 0.3 is 0 Å². The van der Waals surface area contributed by atoms with E-state index in [1.54, 1.807) is 0 Å². The van der Waals surface area contributed by atoms with Gasteiger partial charge in [0.15, 0.2) is 0 Å². The molecule has 1 rings (SSSR count). The molecule has 2 N–H and O–H groups in total. The second kappa shape index (κ2) is 5.66. The van der Waals surface area contributed by atoms with Gasteiger partial charge in [-0.3, -0.25) is 0 Å². The van der Waals surface area contributed by atoms with E-state index in [1.807, 2.05) is 0 Å². The average Bonchev–Trinajstić information content (AvgIpc) is 2.15. The average molecular weight is 193 g/mol. The molecule has 1 aromatic carbocycles. The predicted octanol–water partition coefficient (Wildman–Crippen LogP) is 2.57. The van der Waals surface area contributed by atoms with Crippen LogP contribution in [0.25, 0.3) is 0 Å². The van der Waals surface area contributed by atoms with Crippen molar-refractivity contribution < 1.29 is 5.11 Å². The first-order valence-electron chi connectivity index (χ1n) is 5.16. The zero-order chi connectivity index (χ0) is 10.4. The lowest BCUT2D eigenvalue weighted by molar-refractivity contribution is 0.282. The Kier molecular flexibility index (Phi) is 4.47. The molecule has 1 aromatic rings. The van der Waals surface area contributed by atoms with E-state index in [-0.39, 0.29) is 6.61 Å². The van der Waals surface area contributed by atoms with Crippen molar-refractivity contribution >= 4 is 5.69 Å². The monoisotopic (exact) mass is 193 g/mol. The van der Waals surface area contributed by atoms with Crippen LogP contribution in [0, 0.1) is 6.92 Å². The Labute approximate surface area is 86.0 Å². The van der Waals surface area contributed by atoms with Gasteiger partial charge in [0.2, 0.25) is 0 Å². The third kappa shape index (κ3) is 3.79. The van der Waals surface area contributed by atoms with Gasteiger partial charge in [-0.15, -0.1) is 0 Å². The largest absolute Gasteiger partial charge is 0.396 e. The molecule has 0 aliphatic heterocycles.